The van der Waals surface area contributed by atoms with E-state index in [0.717, 1.165) is 11.3 Å². The van der Waals surface area contributed by atoms with Gasteiger partial charge in [0.25, 0.3) is 5.91 Å². The minimum Gasteiger partial charge on any atom is -0.493 e. The van der Waals surface area contributed by atoms with Crippen molar-refractivity contribution in [2.45, 2.75) is 0 Å². The number of carbonyl (C=O) groups excluding carboxylic acids is 1. The van der Waals surface area contributed by atoms with Crippen molar-refractivity contribution in [1.29, 1.82) is 0 Å². The van der Waals surface area contributed by atoms with E-state index in [1.807, 2.05) is 36.4 Å². The molecule has 0 spiro atoms. The number of aromatic nitrogens is 2. The number of amides is 1. The van der Waals surface area contributed by atoms with Crippen molar-refractivity contribution in [3.63, 3.8) is 0 Å². The molecule has 1 amide bonds. The van der Waals surface area contributed by atoms with E-state index >= 15 is 0 Å². The number of para-hydroxylation sites is 1. The van der Waals surface area contributed by atoms with Gasteiger partial charge < -0.3 is 9.47 Å². The first-order valence-electron chi connectivity index (χ1n) is 7.88. The highest BCUT2D eigenvalue weighted by Crippen LogP contribution is 2.33. The number of benzene rings is 2. The Kier molecular flexibility index (Phi) is 5.19. The third-order valence-corrected chi connectivity index (χ3v) is 3.84. The summed E-state index contributed by atoms with van der Waals surface area (Å²) in [6.07, 6.45) is 1.79. The van der Waals surface area contributed by atoms with E-state index in [-0.39, 0.29) is 5.69 Å². The van der Waals surface area contributed by atoms with Crippen LogP contribution in [-0.2, 0) is 4.84 Å². The summed E-state index contributed by atoms with van der Waals surface area (Å²) in [5.41, 5.74) is 4.81. The lowest BCUT2D eigenvalue weighted by Gasteiger charge is -2.09. The second kappa shape index (κ2) is 7.71. The number of rotatable bonds is 6. The summed E-state index contributed by atoms with van der Waals surface area (Å²) in [6, 6.07) is 15.0. The fourth-order valence-electron chi connectivity index (χ4n) is 2.61. The number of ether oxygens (including phenoxy) is 2. The van der Waals surface area contributed by atoms with Gasteiger partial charge in [0.05, 0.1) is 27.0 Å². The smallest absolute Gasteiger partial charge is 0.295 e. The lowest BCUT2D eigenvalue weighted by molar-refractivity contribution is 0.0532. The zero-order valence-corrected chi connectivity index (χ0v) is 14.7. The van der Waals surface area contributed by atoms with Crippen LogP contribution in [0.5, 0.6) is 11.5 Å². The van der Waals surface area contributed by atoms with E-state index in [4.69, 9.17) is 14.3 Å². The van der Waals surface area contributed by atoms with Crippen molar-refractivity contribution in [2.75, 3.05) is 21.3 Å². The van der Waals surface area contributed by atoms with E-state index in [2.05, 4.69) is 10.6 Å². The Morgan fingerprint density at radius 3 is 2.38 bits per heavy atom. The van der Waals surface area contributed by atoms with Crippen molar-refractivity contribution in [1.82, 2.24) is 15.3 Å². The predicted octanol–water partition coefficient (Wildman–Crippen LogP) is 2.85. The molecule has 0 atom stereocenters. The Labute approximate surface area is 151 Å². The summed E-state index contributed by atoms with van der Waals surface area (Å²) < 4.78 is 12.3. The summed E-state index contributed by atoms with van der Waals surface area (Å²) in [6.45, 7) is 0. The third-order valence-electron chi connectivity index (χ3n) is 3.84. The van der Waals surface area contributed by atoms with Crippen LogP contribution in [0.4, 0.5) is 0 Å². The van der Waals surface area contributed by atoms with Crippen LogP contribution in [0.25, 0.3) is 16.8 Å². The van der Waals surface area contributed by atoms with Crippen LogP contribution in [0, 0.1) is 0 Å². The molecule has 0 radical (unpaired) electrons. The first-order valence-corrected chi connectivity index (χ1v) is 7.88. The van der Waals surface area contributed by atoms with Gasteiger partial charge in [-0.25, -0.2) is 10.2 Å². The summed E-state index contributed by atoms with van der Waals surface area (Å²) in [5, 5.41) is 4.43. The molecule has 1 aromatic heterocycles. The molecule has 0 aliphatic rings. The third kappa shape index (κ3) is 3.38. The van der Waals surface area contributed by atoms with Gasteiger partial charge in [0.2, 0.25) is 0 Å². The number of hydroxylamine groups is 1. The SMILES string of the molecule is CONC(=O)c1nn(-c2ccccc2)cc1-c1ccc(OC)c(OC)c1. The maximum absolute atomic E-state index is 12.4. The molecule has 3 aromatic rings. The van der Waals surface area contributed by atoms with Gasteiger partial charge >= 0.3 is 0 Å². The molecule has 0 saturated carbocycles. The van der Waals surface area contributed by atoms with E-state index in [1.54, 1.807) is 37.2 Å². The van der Waals surface area contributed by atoms with Crippen LogP contribution in [0.1, 0.15) is 10.5 Å². The Bertz CT molecular complexity index is 906. The molecule has 2 aromatic carbocycles. The number of hydrogen-bond donors (Lipinski definition) is 1. The predicted molar refractivity (Wildman–Crippen MR) is 96.6 cm³/mol. The van der Waals surface area contributed by atoms with Crippen LogP contribution in [-0.4, -0.2) is 37.0 Å². The van der Waals surface area contributed by atoms with Crippen LogP contribution in [0.3, 0.4) is 0 Å². The Morgan fingerprint density at radius 1 is 1.00 bits per heavy atom. The van der Waals surface area contributed by atoms with E-state index in [9.17, 15) is 4.79 Å². The Morgan fingerprint density at radius 2 is 1.73 bits per heavy atom. The van der Waals surface area contributed by atoms with E-state index in [0.29, 0.717) is 17.1 Å². The molecule has 1 heterocycles. The van der Waals surface area contributed by atoms with Gasteiger partial charge in [0.15, 0.2) is 17.2 Å². The van der Waals surface area contributed by atoms with E-state index < -0.39 is 5.91 Å². The lowest BCUT2D eigenvalue weighted by Crippen LogP contribution is -2.23. The summed E-state index contributed by atoms with van der Waals surface area (Å²) >= 11 is 0. The lowest BCUT2D eigenvalue weighted by atomic mass is 10.1. The molecule has 0 aliphatic carbocycles. The first-order chi connectivity index (χ1) is 12.7. The van der Waals surface area contributed by atoms with Gasteiger partial charge in [-0.3, -0.25) is 9.63 Å². The highest BCUT2D eigenvalue weighted by Gasteiger charge is 2.20. The fourth-order valence-corrected chi connectivity index (χ4v) is 2.61. The topological polar surface area (TPSA) is 74.6 Å². The van der Waals surface area contributed by atoms with Crippen molar-refractivity contribution in [2.24, 2.45) is 0 Å². The van der Waals surface area contributed by atoms with Crippen LogP contribution < -0.4 is 15.0 Å². The van der Waals surface area contributed by atoms with Crippen molar-refractivity contribution in [3.8, 4) is 28.3 Å². The Hall–Kier alpha value is -3.32. The quantitative estimate of drug-likeness (QED) is 0.690. The molecular formula is C19H19N3O4. The van der Waals surface area contributed by atoms with Crippen LogP contribution in [0.2, 0.25) is 0 Å². The largest absolute Gasteiger partial charge is 0.493 e. The van der Waals surface area contributed by atoms with Crippen molar-refractivity contribution >= 4 is 5.91 Å². The average molecular weight is 353 g/mol. The molecule has 0 fully saturated rings. The summed E-state index contributed by atoms with van der Waals surface area (Å²) in [5.74, 6) is 0.733. The molecule has 134 valence electrons. The molecule has 0 bridgehead atoms. The zero-order valence-electron chi connectivity index (χ0n) is 14.7. The molecule has 1 N–H and O–H groups in total. The number of methoxy groups -OCH3 is 2. The van der Waals surface area contributed by atoms with Crippen LogP contribution in [0.15, 0.2) is 54.7 Å². The van der Waals surface area contributed by atoms with Gasteiger partial charge in [-0.05, 0) is 29.8 Å². The minimum absolute atomic E-state index is 0.239. The number of nitrogens with zero attached hydrogens (tertiary/aromatic N) is 2. The number of carbonyl (C=O) groups is 1. The molecule has 3 rings (SSSR count). The van der Waals surface area contributed by atoms with Crippen LogP contribution >= 0.6 is 0 Å². The van der Waals surface area contributed by atoms with Gasteiger partial charge in [-0.15, -0.1) is 0 Å². The molecule has 0 aliphatic heterocycles. The van der Waals surface area contributed by atoms with Gasteiger partial charge in [0, 0.05) is 11.8 Å². The zero-order chi connectivity index (χ0) is 18.5. The maximum Gasteiger partial charge on any atom is 0.295 e. The first kappa shape index (κ1) is 17.5. The summed E-state index contributed by atoms with van der Waals surface area (Å²) in [4.78, 5) is 17.1. The van der Waals surface area contributed by atoms with Gasteiger partial charge in [-0.2, -0.15) is 5.10 Å². The van der Waals surface area contributed by atoms with Crippen molar-refractivity contribution < 1.29 is 19.1 Å². The number of hydrogen-bond acceptors (Lipinski definition) is 5. The normalized spacial score (nSPS) is 10.4. The molecule has 26 heavy (non-hydrogen) atoms. The molecule has 0 unspecified atom stereocenters. The van der Waals surface area contributed by atoms with Gasteiger partial charge in [-0.1, -0.05) is 24.3 Å². The Balaban J connectivity index is 2.13. The van der Waals surface area contributed by atoms with Gasteiger partial charge in [0.1, 0.15) is 0 Å². The second-order valence-electron chi connectivity index (χ2n) is 5.38. The highest BCUT2D eigenvalue weighted by molar-refractivity contribution is 5.98. The maximum atomic E-state index is 12.4. The monoisotopic (exact) mass is 353 g/mol. The van der Waals surface area contributed by atoms with E-state index in [1.165, 1.54) is 7.11 Å². The number of nitrogens with one attached hydrogen (secondary N) is 1. The minimum atomic E-state index is -0.438. The molecule has 7 nitrogen and oxygen atoms in total. The highest BCUT2D eigenvalue weighted by atomic mass is 16.6. The summed E-state index contributed by atoms with van der Waals surface area (Å²) in [7, 11) is 4.51. The molecule has 0 saturated heterocycles. The molecule has 7 heteroatoms. The standard InChI is InChI=1S/C19H19N3O4/c1-24-16-10-9-13(11-17(16)25-2)15-12-22(14-7-5-4-6-8-14)20-18(15)19(23)21-26-3/h4-12H,1-3H3,(H,21,23). The average Bonchev–Trinajstić information content (AvgIpc) is 3.14. The second-order valence-corrected chi connectivity index (χ2v) is 5.38. The fraction of sp³-hybridized carbons (Fsp3) is 0.158. The molecular weight excluding hydrogens is 334 g/mol. The van der Waals surface area contributed by atoms with Crippen molar-refractivity contribution in [3.05, 3.63) is 60.4 Å².